The van der Waals surface area contributed by atoms with Crippen LogP contribution in [0.3, 0.4) is 0 Å². The average molecular weight is 659 g/mol. The van der Waals surface area contributed by atoms with Gasteiger partial charge in [0.15, 0.2) is 5.78 Å². The van der Waals surface area contributed by atoms with Crippen molar-refractivity contribution in [3.05, 3.63) is 40.7 Å². The van der Waals surface area contributed by atoms with E-state index < -0.39 is 11.0 Å². The summed E-state index contributed by atoms with van der Waals surface area (Å²) in [6, 6.07) is 3.64. The molecule has 1 aromatic rings. The number of fused-ring (bicyclic) bond motifs is 7. The van der Waals surface area contributed by atoms with Gasteiger partial charge in [0.05, 0.1) is 17.5 Å². The summed E-state index contributed by atoms with van der Waals surface area (Å²) in [7, 11) is 0. The highest BCUT2D eigenvalue weighted by atomic mass is 16.5. The summed E-state index contributed by atoms with van der Waals surface area (Å²) in [5.74, 6) is 1.62. The number of esters is 1. The fourth-order valence-corrected chi connectivity index (χ4v) is 12.2. The van der Waals surface area contributed by atoms with Crippen molar-refractivity contribution in [1.29, 1.82) is 0 Å². The van der Waals surface area contributed by atoms with Crippen LogP contribution < -0.4 is 5.32 Å². The zero-order valence-corrected chi connectivity index (χ0v) is 30.8. The second-order valence-electron chi connectivity index (χ2n) is 18.4. The molecule has 0 radical (unpaired) electrons. The summed E-state index contributed by atoms with van der Waals surface area (Å²) in [6.07, 6.45) is 10.9. The van der Waals surface area contributed by atoms with Gasteiger partial charge in [0, 0.05) is 29.1 Å². The Hall–Kier alpha value is -2.83. The highest BCUT2D eigenvalue weighted by Crippen LogP contribution is 2.72. The van der Waals surface area contributed by atoms with Crippen LogP contribution in [-0.2, 0) is 19.1 Å². The van der Waals surface area contributed by atoms with Crippen molar-refractivity contribution in [3.8, 4) is 0 Å². The van der Waals surface area contributed by atoms with Gasteiger partial charge in [-0.15, -0.1) is 0 Å². The molecule has 0 spiro atoms. The number of carbonyl (C=O) groups is 4. The number of aryl methyl sites for hydroxylation is 1. The van der Waals surface area contributed by atoms with Gasteiger partial charge in [-0.25, -0.2) is 0 Å². The van der Waals surface area contributed by atoms with Gasteiger partial charge < -0.3 is 14.8 Å². The van der Waals surface area contributed by atoms with Gasteiger partial charge in [-0.1, -0.05) is 55.4 Å². The number of aromatic nitrogens is 1. The fraction of sp³-hybridized carbons (Fsp3) is 0.732. The molecule has 0 aromatic carbocycles. The minimum absolute atomic E-state index is 0.106. The van der Waals surface area contributed by atoms with Crippen LogP contribution in [0.4, 0.5) is 0 Å². The number of hydrogen-bond acceptors (Lipinski definition) is 6. The second kappa shape index (κ2) is 11.9. The number of nitrogens with one attached hydrogen (secondary N) is 1. The molecule has 7 nitrogen and oxygen atoms in total. The lowest BCUT2D eigenvalue weighted by atomic mass is 9.37. The molecule has 5 aliphatic rings. The van der Waals surface area contributed by atoms with E-state index in [0.717, 1.165) is 63.2 Å². The minimum atomic E-state index is -0.720. The molecule has 0 aliphatic heterocycles. The highest BCUT2D eigenvalue weighted by molar-refractivity contribution is 6.03. The molecule has 8 unspecified atom stereocenters. The maximum absolute atomic E-state index is 13.8. The molecule has 1 amide bonds. The molecular formula is C41H58N2O5. The Morgan fingerprint density at radius 3 is 2.40 bits per heavy atom. The van der Waals surface area contributed by atoms with Gasteiger partial charge in [-0.05, 0) is 122 Å². The van der Waals surface area contributed by atoms with E-state index in [1.165, 1.54) is 5.57 Å². The number of nitrogens with zero attached hydrogens (tertiary/aromatic N) is 1. The van der Waals surface area contributed by atoms with Gasteiger partial charge in [0.2, 0.25) is 0 Å². The Bertz CT molecular complexity index is 1540. The number of amides is 1. The smallest absolute Gasteiger partial charge is 0.307 e. The van der Waals surface area contributed by atoms with E-state index in [-0.39, 0.29) is 58.3 Å². The molecule has 5 aliphatic carbocycles. The summed E-state index contributed by atoms with van der Waals surface area (Å²) >= 11 is 0. The van der Waals surface area contributed by atoms with Crippen molar-refractivity contribution in [2.45, 2.75) is 138 Å². The molecule has 1 heterocycles. The van der Waals surface area contributed by atoms with E-state index in [1.54, 1.807) is 26.1 Å². The first-order chi connectivity index (χ1) is 22.4. The Morgan fingerprint density at radius 2 is 1.73 bits per heavy atom. The van der Waals surface area contributed by atoms with E-state index in [2.05, 4.69) is 51.8 Å². The normalized spacial score (nSPS) is 37.2. The van der Waals surface area contributed by atoms with Crippen LogP contribution >= 0.6 is 0 Å². The van der Waals surface area contributed by atoms with Gasteiger partial charge in [0.25, 0.3) is 5.91 Å². The van der Waals surface area contributed by atoms with Crippen LogP contribution in [0, 0.1) is 58.2 Å². The van der Waals surface area contributed by atoms with Crippen molar-refractivity contribution in [2.75, 3.05) is 0 Å². The minimum Gasteiger partial charge on any atom is -0.462 e. The first-order valence-electron chi connectivity index (χ1n) is 18.6. The number of Topliss-reactive ketones (excluding diaryl/α,β-unsaturated/α-hetero) is 1. The molecule has 48 heavy (non-hydrogen) atoms. The molecule has 7 heteroatoms. The van der Waals surface area contributed by atoms with Crippen molar-refractivity contribution in [2.24, 2.45) is 51.2 Å². The molecule has 262 valence electrons. The Morgan fingerprint density at radius 1 is 1.02 bits per heavy atom. The molecule has 1 N–H and O–H groups in total. The lowest BCUT2D eigenvalue weighted by Gasteiger charge is -2.68. The van der Waals surface area contributed by atoms with Gasteiger partial charge in [-0.3, -0.25) is 19.4 Å². The van der Waals surface area contributed by atoms with Crippen LogP contribution in [-0.4, -0.2) is 40.6 Å². The van der Waals surface area contributed by atoms with Gasteiger partial charge in [0.1, 0.15) is 12.4 Å². The van der Waals surface area contributed by atoms with E-state index in [4.69, 9.17) is 4.74 Å². The zero-order valence-electron chi connectivity index (χ0n) is 30.8. The molecular weight excluding hydrogens is 600 g/mol. The van der Waals surface area contributed by atoms with E-state index in [0.29, 0.717) is 35.4 Å². The molecule has 4 fully saturated rings. The van der Waals surface area contributed by atoms with Crippen molar-refractivity contribution < 1.29 is 23.9 Å². The van der Waals surface area contributed by atoms with Gasteiger partial charge >= 0.3 is 5.97 Å². The first kappa shape index (κ1) is 35.0. The summed E-state index contributed by atoms with van der Waals surface area (Å²) in [6.45, 7) is 19.4. The number of aldehydes is 1. The number of rotatable bonds is 7. The summed E-state index contributed by atoms with van der Waals surface area (Å²) in [4.78, 5) is 56.5. The van der Waals surface area contributed by atoms with Crippen LogP contribution in [0.2, 0.25) is 0 Å². The van der Waals surface area contributed by atoms with Crippen molar-refractivity contribution in [3.63, 3.8) is 0 Å². The quantitative estimate of drug-likeness (QED) is 0.235. The largest absolute Gasteiger partial charge is 0.462 e. The maximum Gasteiger partial charge on any atom is 0.307 e. The second-order valence-corrected chi connectivity index (χ2v) is 18.4. The maximum atomic E-state index is 13.8. The van der Waals surface area contributed by atoms with E-state index >= 15 is 0 Å². The van der Waals surface area contributed by atoms with Crippen LogP contribution in [0.1, 0.15) is 136 Å². The third-order valence-electron chi connectivity index (χ3n) is 14.3. The topological polar surface area (TPSA) is 102 Å². The van der Waals surface area contributed by atoms with Crippen molar-refractivity contribution in [1.82, 2.24) is 10.3 Å². The highest BCUT2D eigenvalue weighted by Gasteiger charge is 2.67. The molecule has 0 bridgehead atoms. The fourth-order valence-electron chi connectivity index (χ4n) is 12.2. The zero-order chi connectivity index (χ0) is 35.0. The van der Waals surface area contributed by atoms with Gasteiger partial charge in [-0.2, -0.15) is 0 Å². The number of allylic oxidation sites excluding steroid dienone is 1. The molecule has 0 saturated heterocycles. The summed E-state index contributed by atoms with van der Waals surface area (Å²) in [5, 5.41) is 3.47. The molecule has 4 saturated carbocycles. The predicted molar refractivity (Wildman–Crippen MR) is 186 cm³/mol. The van der Waals surface area contributed by atoms with E-state index in [1.807, 2.05) is 13.0 Å². The first-order valence-corrected chi connectivity index (χ1v) is 18.6. The summed E-state index contributed by atoms with van der Waals surface area (Å²) in [5.41, 5.74) is 2.23. The lowest BCUT2D eigenvalue weighted by molar-refractivity contribution is -0.213. The van der Waals surface area contributed by atoms with Crippen LogP contribution in [0.25, 0.3) is 0 Å². The number of ether oxygens (including phenoxy) is 1. The predicted octanol–water partition coefficient (Wildman–Crippen LogP) is 7.99. The summed E-state index contributed by atoms with van der Waals surface area (Å²) < 4.78 is 6.18. The van der Waals surface area contributed by atoms with E-state index in [9.17, 15) is 19.2 Å². The SMILES string of the molecule is Cc1ncccc1C(=O)NC12CCC3C(CCC4C3(C)CCC3C(C)(C)C(OC(=O)CC(C)(C)C=O)CCC34C)C1=C(C(C)C)C(=O)C2. The Labute approximate surface area is 287 Å². The monoisotopic (exact) mass is 658 g/mol. The third kappa shape index (κ3) is 5.41. The van der Waals surface area contributed by atoms with Crippen molar-refractivity contribution >= 4 is 23.9 Å². The Kier molecular flexibility index (Phi) is 8.68. The molecule has 1 aromatic heterocycles. The standard InChI is InChI=1S/C41H58N2O5/c1-24(2)34-29(45)21-41(43-36(47)26-11-10-20-42-25(26)3)19-14-28-27(35(34)41)12-13-31-39(28,8)17-15-30-38(6,7)32(16-18-40(30,31)9)48-33(46)22-37(4,5)23-44/h10-11,20,23-24,27-28,30-32H,12-19,21-22H2,1-9H3,(H,43,47). The molecule has 6 rings (SSSR count). The van der Waals surface area contributed by atoms with Crippen LogP contribution in [0.5, 0.6) is 0 Å². The molecule has 8 atom stereocenters. The van der Waals surface area contributed by atoms with Crippen LogP contribution in [0.15, 0.2) is 29.5 Å². The average Bonchev–Trinajstić information content (AvgIpc) is 3.30. The number of pyridine rings is 1. The number of ketones is 1. The Balaban J connectivity index is 1.28. The third-order valence-corrected chi connectivity index (χ3v) is 14.3. The number of hydrogen-bond donors (Lipinski definition) is 1. The lowest BCUT2D eigenvalue weighted by Crippen LogP contribution is -2.64. The number of carbonyl (C=O) groups excluding carboxylic acids is 4.